The molecule has 2 aliphatic heterocycles. The Morgan fingerprint density at radius 1 is 1.17 bits per heavy atom. The van der Waals surface area contributed by atoms with Gasteiger partial charge in [-0.05, 0) is 55.7 Å². The first-order valence-corrected chi connectivity index (χ1v) is 13.4. The van der Waals surface area contributed by atoms with E-state index in [1.54, 1.807) is 0 Å². The van der Waals surface area contributed by atoms with Crippen molar-refractivity contribution < 1.29 is 26.0 Å². The van der Waals surface area contributed by atoms with Gasteiger partial charge in [0.05, 0.1) is 17.6 Å². The molecule has 164 valence electrons. The SMILES string of the molecule is CS(=O)(=O)NCCC1CCOC2(CCN(S(=O)(=O)Cc3ccc(F)cc3)CC2)C1. The third kappa shape index (κ3) is 6.45. The number of hydrogen-bond donors (Lipinski definition) is 1. The van der Waals surface area contributed by atoms with Crippen molar-refractivity contribution in [1.82, 2.24) is 9.03 Å². The number of sulfonamides is 2. The average molecular weight is 449 g/mol. The van der Waals surface area contributed by atoms with Crippen LogP contribution in [0, 0.1) is 11.7 Å². The molecular formula is C19H29FN2O5S2. The summed E-state index contributed by atoms with van der Waals surface area (Å²) >= 11 is 0. The van der Waals surface area contributed by atoms with Crippen LogP contribution in [-0.4, -0.2) is 59.2 Å². The van der Waals surface area contributed by atoms with Gasteiger partial charge in [0.2, 0.25) is 20.0 Å². The van der Waals surface area contributed by atoms with Gasteiger partial charge in [0.25, 0.3) is 0 Å². The minimum absolute atomic E-state index is 0.138. The molecule has 10 heteroatoms. The summed E-state index contributed by atoms with van der Waals surface area (Å²) in [5, 5.41) is 0. The second-order valence-corrected chi connectivity index (χ2v) is 11.9. The van der Waals surface area contributed by atoms with E-state index in [1.165, 1.54) is 28.6 Å². The fourth-order valence-electron chi connectivity index (χ4n) is 4.23. The summed E-state index contributed by atoms with van der Waals surface area (Å²) in [7, 11) is -6.66. The molecule has 0 amide bonds. The van der Waals surface area contributed by atoms with Crippen LogP contribution in [0.25, 0.3) is 0 Å². The second kappa shape index (κ2) is 8.97. The average Bonchev–Trinajstić information content (AvgIpc) is 2.63. The lowest BCUT2D eigenvalue weighted by Crippen LogP contribution is -2.51. The molecule has 29 heavy (non-hydrogen) atoms. The highest BCUT2D eigenvalue weighted by Gasteiger charge is 2.42. The number of halogens is 1. The summed E-state index contributed by atoms with van der Waals surface area (Å²) in [4.78, 5) is 0. The van der Waals surface area contributed by atoms with Crippen LogP contribution in [-0.2, 0) is 30.5 Å². The Hall–Kier alpha value is -1.07. The Bertz CT molecular complexity index is 895. The van der Waals surface area contributed by atoms with E-state index in [1.807, 2.05) is 0 Å². The number of nitrogens with one attached hydrogen (secondary N) is 1. The van der Waals surface area contributed by atoms with Gasteiger partial charge >= 0.3 is 0 Å². The third-order valence-electron chi connectivity index (χ3n) is 5.80. The van der Waals surface area contributed by atoms with Crippen LogP contribution in [0.3, 0.4) is 0 Å². The third-order valence-corrected chi connectivity index (χ3v) is 8.38. The van der Waals surface area contributed by atoms with Gasteiger partial charge in [0, 0.05) is 26.2 Å². The Balaban J connectivity index is 1.53. The predicted molar refractivity (Wildman–Crippen MR) is 109 cm³/mol. The van der Waals surface area contributed by atoms with Crippen LogP contribution in [0.4, 0.5) is 4.39 Å². The molecule has 0 aromatic heterocycles. The minimum Gasteiger partial charge on any atom is -0.375 e. The van der Waals surface area contributed by atoms with Gasteiger partial charge < -0.3 is 4.74 Å². The Morgan fingerprint density at radius 2 is 1.83 bits per heavy atom. The molecule has 2 aliphatic rings. The van der Waals surface area contributed by atoms with E-state index in [-0.39, 0.29) is 17.2 Å². The topological polar surface area (TPSA) is 92.8 Å². The normalized spacial score (nSPS) is 23.3. The quantitative estimate of drug-likeness (QED) is 0.687. The Morgan fingerprint density at radius 3 is 2.45 bits per heavy atom. The molecule has 0 radical (unpaired) electrons. The first-order chi connectivity index (χ1) is 13.6. The number of hydrogen-bond acceptors (Lipinski definition) is 5. The molecule has 1 aromatic rings. The molecule has 1 atom stereocenters. The number of piperidine rings is 1. The van der Waals surface area contributed by atoms with E-state index >= 15 is 0 Å². The van der Waals surface area contributed by atoms with Crippen molar-refractivity contribution in [3.8, 4) is 0 Å². The van der Waals surface area contributed by atoms with Crippen molar-refractivity contribution >= 4 is 20.0 Å². The molecule has 7 nitrogen and oxygen atoms in total. The molecule has 2 fully saturated rings. The molecule has 1 spiro atoms. The molecule has 1 unspecified atom stereocenters. The second-order valence-electron chi connectivity index (χ2n) is 8.13. The highest BCUT2D eigenvalue weighted by molar-refractivity contribution is 7.88. The maximum atomic E-state index is 13.0. The summed E-state index contributed by atoms with van der Waals surface area (Å²) in [6, 6.07) is 5.53. The van der Waals surface area contributed by atoms with Gasteiger partial charge in [0.15, 0.2) is 0 Å². The van der Waals surface area contributed by atoms with Crippen molar-refractivity contribution in [1.29, 1.82) is 0 Å². The van der Waals surface area contributed by atoms with E-state index in [9.17, 15) is 21.2 Å². The summed E-state index contributed by atoms with van der Waals surface area (Å²) in [5.74, 6) is -0.164. The minimum atomic E-state index is -3.47. The van der Waals surface area contributed by atoms with E-state index in [2.05, 4.69) is 4.72 Å². The first-order valence-electron chi connectivity index (χ1n) is 9.88. The molecule has 3 rings (SSSR count). The molecule has 2 heterocycles. The number of benzene rings is 1. The Kier molecular flexibility index (Phi) is 6.99. The first kappa shape index (κ1) is 22.6. The standard InChI is InChI=1S/C19H29FN2O5S2/c1-28(23,24)21-10-6-16-7-13-27-19(14-16)8-11-22(12-9-19)29(25,26)15-17-2-4-18(20)5-3-17/h2-5,16,21H,6-15H2,1H3. The van der Waals surface area contributed by atoms with Crippen LogP contribution < -0.4 is 4.72 Å². The molecule has 0 bridgehead atoms. The van der Waals surface area contributed by atoms with Crippen LogP contribution in [0.15, 0.2) is 24.3 Å². The van der Waals surface area contributed by atoms with Gasteiger partial charge in [-0.25, -0.2) is 30.3 Å². The fourth-order valence-corrected chi connectivity index (χ4v) is 6.25. The lowest BCUT2D eigenvalue weighted by atomic mass is 9.79. The lowest BCUT2D eigenvalue weighted by molar-refractivity contribution is -0.121. The molecule has 0 saturated carbocycles. The van der Waals surface area contributed by atoms with Crippen molar-refractivity contribution in [2.24, 2.45) is 5.92 Å². The van der Waals surface area contributed by atoms with E-state index in [0.29, 0.717) is 50.6 Å². The molecular weight excluding hydrogens is 419 g/mol. The van der Waals surface area contributed by atoms with Crippen molar-refractivity contribution in [2.75, 3.05) is 32.5 Å². The zero-order valence-corrected chi connectivity index (χ0v) is 18.3. The summed E-state index contributed by atoms with van der Waals surface area (Å²) in [6.07, 6.45) is 4.88. The maximum Gasteiger partial charge on any atom is 0.218 e. The van der Waals surface area contributed by atoms with Crippen LogP contribution in [0.5, 0.6) is 0 Å². The van der Waals surface area contributed by atoms with Crippen molar-refractivity contribution in [3.63, 3.8) is 0 Å². The highest BCUT2D eigenvalue weighted by atomic mass is 32.2. The molecule has 1 aromatic carbocycles. The molecule has 0 aliphatic carbocycles. The van der Waals surface area contributed by atoms with Crippen LogP contribution >= 0.6 is 0 Å². The highest BCUT2D eigenvalue weighted by Crippen LogP contribution is 2.39. The lowest BCUT2D eigenvalue weighted by Gasteiger charge is -2.46. The smallest absolute Gasteiger partial charge is 0.218 e. The van der Waals surface area contributed by atoms with Gasteiger partial charge in [-0.15, -0.1) is 0 Å². The summed E-state index contributed by atoms with van der Waals surface area (Å²) in [6.45, 7) is 1.83. The number of rotatable bonds is 7. The summed E-state index contributed by atoms with van der Waals surface area (Å²) < 4.78 is 71.1. The van der Waals surface area contributed by atoms with Gasteiger partial charge in [-0.3, -0.25) is 0 Å². The Labute approximate surface area is 172 Å². The van der Waals surface area contributed by atoms with Gasteiger partial charge in [-0.2, -0.15) is 0 Å². The molecule has 2 saturated heterocycles. The zero-order chi connectivity index (χ0) is 21.1. The predicted octanol–water partition coefficient (Wildman–Crippen LogP) is 1.86. The van der Waals surface area contributed by atoms with E-state index < -0.39 is 20.0 Å². The molecule has 1 N–H and O–H groups in total. The monoisotopic (exact) mass is 448 g/mol. The number of ether oxygens (including phenoxy) is 1. The van der Waals surface area contributed by atoms with Crippen LogP contribution in [0.2, 0.25) is 0 Å². The van der Waals surface area contributed by atoms with Crippen molar-refractivity contribution in [3.05, 3.63) is 35.6 Å². The van der Waals surface area contributed by atoms with Crippen molar-refractivity contribution in [2.45, 2.75) is 43.5 Å². The van der Waals surface area contributed by atoms with E-state index in [0.717, 1.165) is 25.5 Å². The fraction of sp³-hybridized carbons (Fsp3) is 0.684. The van der Waals surface area contributed by atoms with Gasteiger partial charge in [0.1, 0.15) is 5.82 Å². The summed E-state index contributed by atoms with van der Waals surface area (Å²) in [5.41, 5.74) is 0.245. The van der Waals surface area contributed by atoms with Gasteiger partial charge in [-0.1, -0.05) is 12.1 Å². The van der Waals surface area contributed by atoms with E-state index in [4.69, 9.17) is 4.74 Å². The zero-order valence-electron chi connectivity index (χ0n) is 16.6. The largest absolute Gasteiger partial charge is 0.375 e. The maximum absolute atomic E-state index is 13.0. The van der Waals surface area contributed by atoms with Crippen LogP contribution in [0.1, 0.15) is 37.7 Å². The number of nitrogens with zero attached hydrogens (tertiary/aromatic N) is 1.